The van der Waals surface area contributed by atoms with Crippen molar-refractivity contribution < 1.29 is 27.0 Å². The minimum atomic E-state index is -3.43. The molecule has 6 nitrogen and oxygen atoms in total. The first-order valence-corrected chi connectivity index (χ1v) is 11.6. The Balaban J connectivity index is 1.52. The van der Waals surface area contributed by atoms with Gasteiger partial charge in [-0.05, 0) is 43.9 Å². The number of rotatable bonds is 8. The average Bonchev–Trinajstić information content (AvgIpc) is 2.67. The predicted octanol–water partition coefficient (Wildman–Crippen LogP) is 2.72. The quantitative estimate of drug-likeness (QED) is 0.611. The Kier molecular flexibility index (Phi) is 7.44. The van der Waals surface area contributed by atoms with Crippen molar-refractivity contribution in [3.8, 4) is 0 Å². The maximum Gasteiger partial charge on any atom is 0.218 e. The summed E-state index contributed by atoms with van der Waals surface area (Å²) in [5.74, 6) is -0.474. The Bertz CT molecular complexity index is 717. The Morgan fingerprint density at radius 2 is 1.93 bits per heavy atom. The van der Waals surface area contributed by atoms with Gasteiger partial charge in [0.25, 0.3) is 0 Å². The van der Waals surface area contributed by atoms with Crippen LogP contribution in [0.25, 0.3) is 0 Å². The zero-order valence-electron chi connectivity index (χ0n) is 16.4. The van der Waals surface area contributed by atoms with E-state index < -0.39 is 10.0 Å². The monoisotopic (exact) mass is 415 g/mol. The smallest absolute Gasteiger partial charge is 0.218 e. The summed E-state index contributed by atoms with van der Waals surface area (Å²) in [5, 5.41) is 0. The Morgan fingerprint density at radius 3 is 2.61 bits per heavy atom. The van der Waals surface area contributed by atoms with E-state index in [2.05, 4.69) is 0 Å². The van der Waals surface area contributed by atoms with E-state index in [1.54, 1.807) is 0 Å². The molecule has 8 heteroatoms. The van der Waals surface area contributed by atoms with Crippen LogP contribution in [0.5, 0.6) is 0 Å². The van der Waals surface area contributed by atoms with Crippen molar-refractivity contribution in [2.24, 2.45) is 0 Å². The molecule has 2 saturated heterocycles. The van der Waals surface area contributed by atoms with E-state index in [0.29, 0.717) is 57.9 Å². The van der Waals surface area contributed by atoms with Crippen LogP contribution in [0.1, 0.15) is 38.2 Å². The summed E-state index contributed by atoms with van der Waals surface area (Å²) in [6.45, 7) is 5.33. The average molecular weight is 416 g/mol. The molecule has 1 spiro atoms. The molecule has 1 unspecified atom stereocenters. The zero-order valence-corrected chi connectivity index (χ0v) is 17.3. The third kappa shape index (κ3) is 5.73. The van der Waals surface area contributed by atoms with Gasteiger partial charge in [-0.25, -0.2) is 17.1 Å². The van der Waals surface area contributed by atoms with Crippen molar-refractivity contribution in [1.29, 1.82) is 0 Å². The van der Waals surface area contributed by atoms with Crippen molar-refractivity contribution in [2.75, 3.05) is 39.5 Å². The Hall–Kier alpha value is -1.06. The van der Waals surface area contributed by atoms with Gasteiger partial charge in [-0.3, -0.25) is 0 Å². The molecule has 0 aromatic heterocycles. The molecule has 2 aliphatic heterocycles. The predicted molar refractivity (Wildman–Crippen MR) is 104 cm³/mol. The van der Waals surface area contributed by atoms with Crippen molar-refractivity contribution in [2.45, 2.75) is 50.1 Å². The fourth-order valence-corrected chi connectivity index (χ4v) is 5.48. The first kappa shape index (κ1) is 21.6. The minimum Gasteiger partial charge on any atom is -0.379 e. The second-order valence-corrected chi connectivity index (χ2v) is 9.46. The summed E-state index contributed by atoms with van der Waals surface area (Å²) in [6, 6.07) is 5.62. The molecule has 2 heterocycles. The van der Waals surface area contributed by atoms with Crippen LogP contribution < -0.4 is 0 Å². The van der Waals surface area contributed by atoms with Gasteiger partial charge in [0, 0.05) is 32.7 Å². The molecule has 0 saturated carbocycles. The first-order chi connectivity index (χ1) is 13.4. The molecular weight excluding hydrogens is 385 g/mol. The van der Waals surface area contributed by atoms with Crippen LogP contribution >= 0.6 is 0 Å². The van der Waals surface area contributed by atoms with Crippen LogP contribution in [0.4, 0.5) is 4.39 Å². The van der Waals surface area contributed by atoms with Gasteiger partial charge in [0.15, 0.2) is 0 Å². The van der Waals surface area contributed by atoms with Gasteiger partial charge in [0.2, 0.25) is 10.0 Å². The SMILES string of the molecule is CCOCCOC1CCOC2(CCN(S(=O)(=O)Cc3ccc(F)cc3)CC2)C1. The van der Waals surface area contributed by atoms with Gasteiger partial charge in [-0.15, -0.1) is 0 Å². The number of ether oxygens (including phenoxy) is 3. The standard InChI is InChI=1S/C20H30FNO5S/c1-2-25-13-14-26-19-7-12-27-20(15-19)8-10-22(11-9-20)28(23,24)16-17-3-5-18(21)6-4-17/h3-6,19H,2,7-16H2,1H3. The van der Waals surface area contributed by atoms with Crippen LogP contribution in [0.15, 0.2) is 24.3 Å². The van der Waals surface area contributed by atoms with Crippen LogP contribution in [-0.4, -0.2) is 63.9 Å². The summed E-state index contributed by atoms with van der Waals surface area (Å²) in [4.78, 5) is 0. The van der Waals surface area contributed by atoms with Crippen molar-refractivity contribution >= 4 is 10.0 Å². The molecule has 2 aliphatic rings. The lowest BCUT2D eigenvalue weighted by atomic mass is 9.84. The summed E-state index contributed by atoms with van der Waals surface area (Å²) in [6.07, 6.45) is 3.13. The molecule has 1 aromatic carbocycles. The third-order valence-electron chi connectivity index (χ3n) is 5.52. The molecule has 0 radical (unpaired) electrons. The maximum absolute atomic E-state index is 13.0. The molecule has 28 heavy (non-hydrogen) atoms. The number of hydrogen-bond acceptors (Lipinski definition) is 5. The lowest BCUT2D eigenvalue weighted by Crippen LogP contribution is -2.52. The van der Waals surface area contributed by atoms with Gasteiger partial charge < -0.3 is 14.2 Å². The van der Waals surface area contributed by atoms with E-state index in [4.69, 9.17) is 14.2 Å². The molecule has 1 aromatic rings. The topological polar surface area (TPSA) is 65.1 Å². The van der Waals surface area contributed by atoms with Crippen LogP contribution in [0, 0.1) is 5.82 Å². The lowest BCUT2D eigenvalue weighted by molar-refractivity contribution is -0.153. The largest absolute Gasteiger partial charge is 0.379 e. The molecule has 3 rings (SSSR count). The molecule has 2 fully saturated rings. The number of piperidine rings is 1. The molecule has 158 valence electrons. The summed E-state index contributed by atoms with van der Waals surface area (Å²) in [5.41, 5.74) is 0.300. The second-order valence-electron chi connectivity index (χ2n) is 7.50. The van der Waals surface area contributed by atoms with Crippen molar-refractivity contribution in [1.82, 2.24) is 4.31 Å². The molecule has 0 amide bonds. The normalized spacial score (nSPS) is 23.1. The van der Waals surface area contributed by atoms with Crippen LogP contribution in [-0.2, 0) is 30.0 Å². The maximum atomic E-state index is 13.0. The summed E-state index contributed by atoms with van der Waals surface area (Å²) < 4.78 is 57.4. The summed E-state index contributed by atoms with van der Waals surface area (Å²) >= 11 is 0. The number of hydrogen-bond donors (Lipinski definition) is 0. The fourth-order valence-electron chi connectivity index (χ4n) is 3.95. The van der Waals surface area contributed by atoms with Gasteiger partial charge in [0.05, 0.1) is 30.7 Å². The number of benzene rings is 1. The highest BCUT2D eigenvalue weighted by atomic mass is 32.2. The molecule has 0 bridgehead atoms. The van der Waals surface area contributed by atoms with Crippen molar-refractivity contribution in [3.63, 3.8) is 0 Å². The minimum absolute atomic E-state index is 0.107. The first-order valence-electron chi connectivity index (χ1n) is 9.98. The van der Waals surface area contributed by atoms with E-state index in [9.17, 15) is 12.8 Å². The van der Waals surface area contributed by atoms with Crippen LogP contribution in [0.3, 0.4) is 0 Å². The van der Waals surface area contributed by atoms with Crippen molar-refractivity contribution in [3.05, 3.63) is 35.6 Å². The fraction of sp³-hybridized carbons (Fsp3) is 0.700. The highest BCUT2D eigenvalue weighted by molar-refractivity contribution is 7.88. The number of halogens is 1. The van der Waals surface area contributed by atoms with E-state index in [0.717, 1.165) is 12.8 Å². The Labute approximate surface area is 167 Å². The molecule has 1 atom stereocenters. The molecule has 0 N–H and O–H groups in total. The molecular formula is C20H30FNO5S. The van der Waals surface area contributed by atoms with Gasteiger partial charge in [-0.2, -0.15) is 0 Å². The van der Waals surface area contributed by atoms with Gasteiger partial charge >= 0.3 is 0 Å². The highest BCUT2D eigenvalue weighted by Gasteiger charge is 2.42. The Morgan fingerprint density at radius 1 is 1.21 bits per heavy atom. The van der Waals surface area contributed by atoms with E-state index in [-0.39, 0.29) is 23.3 Å². The number of sulfonamides is 1. The van der Waals surface area contributed by atoms with Crippen LogP contribution in [0.2, 0.25) is 0 Å². The second kappa shape index (κ2) is 9.63. The zero-order chi connectivity index (χ0) is 20.0. The van der Waals surface area contributed by atoms with Gasteiger partial charge in [-0.1, -0.05) is 12.1 Å². The highest BCUT2D eigenvalue weighted by Crippen LogP contribution is 2.37. The third-order valence-corrected chi connectivity index (χ3v) is 7.37. The van der Waals surface area contributed by atoms with E-state index in [1.165, 1.54) is 28.6 Å². The summed E-state index contributed by atoms with van der Waals surface area (Å²) in [7, 11) is -3.43. The molecule has 0 aliphatic carbocycles. The number of nitrogens with zero attached hydrogens (tertiary/aromatic N) is 1. The van der Waals surface area contributed by atoms with Gasteiger partial charge in [0.1, 0.15) is 5.82 Å². The lowest BCUT2D eigenvalue weighted by Gasteiger charge is -2.45. The van der Waals surface area contributed by atoms with E-state index >= 15 is 0 Å². The van der Waals surface area contributed by atoms with E-state index in [1.807, 2.05) is 6.92 Å².